The average molecular weight is 308 g/mol. The quantitative estimate of drug-likeness (QED) is 0.839. The van der Waals surface area contributed by atoms with Gasteiger partial charge in [0.15, 0.2) is 0 Å². The lowest BCUT2D eigenvalue weighted by molar-refractivity contribution is 0.143. The first-order chi connectivity index (χ1) is 10.6. The van der Waals surface area contributed by atoms with E-state index in [0.717, 1.165) is 5.56 Å². The van der Waals surface area contributed by atoms with E-state index >= 15 is 0 Å². The second kappa shape index (κ2) is 8.17. The van der Waals surface area contributed by atoms with Gasteiger partial charge in [-0.2, -0.15) is 5.10 Å². The lowest BCUT2D eigenvalue weighted by atomic mass is 10.00. The molecule has 0 bridgehead atoms. The van der Waals surface area contributed by atoms with E-state index in [1.807, 2.05) is 13.2 Å². The Labute approximate surface area is 132 Å². The summed E-state index contributed by atoms with van der Waals surface area (Å²) in [5.41, 5.74) is 1.03. The number of aromatic nitrogens is 2. The zero-order valence-electron chi connectivity index (χ0n) is 13.9. The highest BCUT2D eigenvalue weighted by Crippen LogP contribution is 2.27. The second-order valence-electron chi connectivity index (χ2n) is 6.22. The van der Waals surface area contributed by atoms with Crippen molar-refractivity contribution in [2.45, 2.75) is 45.2 Å². The first kappa shape index (κ1) is 16.8. The molecule has 1 aliphatic carbocycles. The molecule has 1 fully saturated rings. The Morgan fingerprint density at radius 2 is 2.27 bits per heavy atom. The first-order valence-corrected chi connectivity index (χ1v) is 8.12. The molecule has 6 heteroatoms. The Morgan fingerprint density at radius 3 is 2.86 bits per heavy atom. The summed E-state index contributed by atoms with van der Waals surface area (Å²) in [4.78, 5) is 14.4. The van der Waals surface area contributed by atoms with Gasteiger partial charge in [-0.15, -0.1) is 0 Å². The number of urea groups is 1. The Hall–Kier alpha value is -1.56. The predicted octanol–water partition coefficient (Wildman–Crippen LogP) is 2.16. The molecule has 1 aromatic heterocycles. The Balaban J connectivity index is 1.92. The van der Waals surface area contributed by atoms with Gasteiger partial charge in [-0.1, -0.05) is 12.8 Å². The molecule has 1 N–H and O–H groups in total. The van der Waals surface area contributed by atoms with Gasteiger partial charge in [-0.3, -0.25) is 4.68 Å². The monoisotopic (exact) mass is 308 g/mol. The summed E-state index contributed by atoms with van der Waals surface area (Å²) in [6, 6.07) is 0.217. The summed E-state index contributed by atoms with van der Waals surface area (Å²) in [5.74, 6) is 0.617. The van der Waals surface area contributed by atoms with Gasteiger partial charge in [0, 0.05) is 38.5 Å². The number of ether oxygens (including phenoxy) is 1. The third-order valence-electron chi connectivity index (χ3n) is 4.44. The van der Waals surface area contributed by atoms with Crippen LogP contribution in [0, 0.1) is 5.92 Å². The second-order valence-corrected chi connectivity index (χ2v) is 6.22. The van der Waals surface area contributed by atoms with Crippen molar-refractivity contribution in [1.82, 2.24) is 20.0 Å². The molecule has 1 saturated carbocycles. The predicted molar refractivity (Wildman–Crippen MR) is 85.4 cm³/mol. The molecular formula is C16H28N4O2. The van der Waals surface area contributed by atoms with Crippen LogP contribution >= 0.6 is 0 Å². The highest BCUT2D eigenvalue weighted by atomic mass is 16.5. The summed E-state index contributed by atoms with van der Waals surface area (Å²) >= 11 is 0. The van der Waals surface area contributed by atoms with Gasteiger partial charge < -0.3 is 15.0 Å². The van der Waals surface area contributed by atoms with Crippen LogP contribution in [0.1, 0.15) is 38.2 Å². The molecule has 0 spiro atoms. The highest BCUT2D eigenvalue weighted by Gasteiger charge is 2.24. The van der Waals surface area contributed by atoms with Gasteiger partial charge in [0.1, 0.15) is 0 Å². The summed E-state index contributed by atoms with van der Waals surface area (Å²) in [5, 5.41) is 7.32. The zero-order valence-corrected chi connectivity index (χ0v) is 13.9. The van der Waals surface area contributed by atoms with Gasteiger partial charge in [-0.05, 0) is 25.7 Å². The molecule has 2 rings (SSSR count). The van der Waals surface area contributed by atoms with E-state index in [4.69, 9.17) is 4.74 Å². The third-order valence-corrected chi connectivity index (χ3v) is 4.44. The maximum absolute atomic E-state index is 12.6. The van der Waals surface area contributed by atoms with Gasteiger partial charge >= 0.3 is 6.03 Å². The first-order valence-electron chi connectivity index (χ1n) is 8.12. The van der Waals surface area contributed by atoms with E-state index in [1.165, 1.54) is 25.7 Å². The minimum atomic E-state index is -0.0136. The lowest BCUT2D eigenvalue weighted by Gasteiger charge is -2.27. The van der Waals surface area contributed by atoms with Crippen LogP contribution in [0.15, 0.2) is 12.4 Å². The topological polar surface area (TPSA) is 59.4 Å². The molecule has 1 heterocycles. The van der Waals surface area contributed by atoms with E-state index in [0.29, 0.717) is 25.6 Å². The van der Waals surface area contributed by atoms with Crippen LogP contribution in [0.4, 0.5) is 4.79 Å². The molecule has 0 saturated heterocycles. The van der Waals surface area contributed by atoms with Crippen molar-refractivity contribution in [2.24, 2.45) is 13.0 Å². The van der Waals surface area contributed by atoms with E-state index in [-0.39, 0.29) is 12.1 Å². The number of nitrogens with zero attached hydrogens (tertiary/aromatic N) is 3. The minimum Gasteiger partial charge on any atom is -0.383 e. The Bertz CT molecular complexity index is 468. The Morgan fingerprint density at radius 1 is 1.55 bits per heavy atom. The fraction of sp³-hybridized carbons (Fsp3) is 0.750. The number of amides is 2. The normalized spacial score (nSPS) is 16.7. The van der Waals surface area contributed by atoms with Crippen molar-refractivity contribution in [3.63, 3.8) is 0 Å². The summed E-state index contributed by atoms with van der Waals surface area (Å²) in [6.07, 6.45) is 8.76. The van der Waals surface area contributed by atoms with Gasteiger partial charge in [0.05, 0.1) is 19.3 Å². The van der Waals surface area contributed by atoms with Gasteiger partial charge in [0.2, 0.25) is 0 Å². The molecule has 0 radical (unpaired) electrons. The maximum atomic E-state index is 12.6. The van der Waals surface area contributed by atoms with Crippen molar-refractivity contribution in [2.75, 3.05) is 20.3 Å². The Kier molecular flexibility index (Phi) is 6.24. The van der Waals surface area contributed by atoms with Crippen LogP contribution < -0.4 is 5.32 Å². The van der Waals surface area contributed by atoms with Gasteiger partial charge in [0.25, 0.3) is 0 Å². The lowest BCUT2D eigenvalue weighted by Crippen LogP contribution is -2.46. The molecule has 124 valence electrons. The van der Waals surface area contributed by atoms with Crippen LogP contribution in [0.5, 0.6) is 0 Å². The standard InChI is InChI=1S/C16H28N4O2/c1-13(15-6-4-5-7-15)18-16(21)20(8-9-22-3)12-14-10-17-19(2)11-14/h10-11,13,15H,4-9,12H2,1-3H3,(H,18,21)/t13-/m0/s1. The van der Waals surface area contributed by atoms with Gasteiger partial charge in [-0.25, -0.2) is 4.79 Å². The SMILES string of the molecule is COCCN(Cc1cnn(C)c1)C(=O)N[C@@H](C)C1CCCC1. The third kappa shape index (κ3) is 4.73. The number of hydrogen-bond donors (Lipinski definition) is 1. The average Bonchev–Trinajstić information content (AvgIpc) is 3.14. The van der Waals surface area contributed by atoms with E-state index in [2.05, 4.69) is 17.3 Å². The molecule has 0 aliphatic heterocycles. The number of nitrogens with one attached hydrogen (secondary N) is 1. The van der Waals surface area contributed by atoms with Crippen LogP contribution in [-0.2, 0) is 18.3 Å². The van der Waals surface area contributed by atoms with Crippen molar-refractivity contribution >= 4 is 6.03 Å². The number of aryl methyl sites for hydroxylation is 1. The summed E-state index contributed by atoms with van der Waals surface area (Å²) < 4.78 is 6.88. The van der Waals surface area contributed by atoms with Crippen molar-refractivity contribution in [3.8, 4) is 0 Å². The molecule has 2 amide bonds. The van der Waals surface area contributed by atoms with Crippen LogP contribution in [-0.4, -0.2) is 47.0 Å². The molecule has 1 aliphatic rings. The highest BCUT2D eigenvalue weighted by molar-refractivity contribution is 5.74. The maximum Gasteiger partial charge on any atom is 0.317 e. The number of hydrogen-bond acceptors (Lipinski definition) is 3. The fourth-order valence-electron chi connectivity index (χ4n) is 3.09. The zero-order chi connectivity index (χ0) is 15.9. The van der Waals surface area contributed by atoms with Crippen molar-refractivity contribution in [1.29, 1.82) is 0 Å². The van der Waals surface area contributed by atoms with E-state index in [9.17, 15) is 4.79 Å². The minimum absolute atomic E-state index is 0.0136. The summed E-state index contributed by atoms with van der Waals surface area (Å²) in [6.45, 7) is 3.78. The molecule has 1 atom stereocenters. The molecule has 0 unspecified atom stereocenters. The van der Waals surface area contributed by atoms with Crippen LogP contribution in [0.25, 0.3) is 0 Å². The van der Waals surface area contributed by atoms with Crippen molar-refractivity contribution in [3.05, 3.63) is 18.0 Å². The molecule has 0 aromatic carbocycles. The smallest absolute Gasteiger partial charge is 0.317 e. The molecule has 22 heavy (non-hydrogen) atoms. The largest absolute Gasteiger partial charge is 0.383 e. The number of carbonyl (C=O) groups excluding carboxylic acids is 1. The van der Waals surface area contributed by atoms with E-state index < -0.39 is 0 Å². The molecular weight excluding hydrogens is 280 g/mol. The molecule has 6 nitrogen and oxygen atoms in total. The summed E-state index contributed by atoms with van der Waals surface area (Å²) in [7, 11) is 3.53. The molecule has 1 aromatic rings. The fourth-order valence-corrected chi connectivity index (χ4v) is 3.09. The van der Waals surface area contributed by atoms with Crippen LogP contribution in [0.2, 0.25) is 0 Å². The number of carbonyl (C=O) groups is 1. The number of rotatable bonds is 7. The van der Waals surface area contributed by atoms with E-state index in [1.54, 1.807) is 22.9 Å². The van der Waals surface area contributed by atoms with Crippen molar-refractivity contribution < 1.29 is 9.53 Å². The number of methoxy groups -OCH3 is 1. The van der Waals surface area contributed by atoms with Crippen LogP contribution in [0.3, 0.4) is 0 Å².